The van der Waals surface area contributed by atoms with Crippen LogP contribution in [0.4, 0.5) is 11.4 Å². The van der Waals surface area contributed by atoms with Gasteiger partial charge >= 0.3 is 0 Å². The van der Waals surface area contributed by atoms with Crippen LogP contribution in [0.5, 0.6) is 0 Å². The summed E-state index contributed by atoms with van der Waals surface area (Å²) in [6.45, 7) is 0. The molecule has 0 saturated carbocycles. The minimum Gasteiger partial charge on any atom is -0.399 e. The fourth-order valence-electron chi connectivity index (χ4n) is 3.14. The molecule has 0 aliphatic heterocycles. The Labute approximate surface area is 174 Å². The molecule has 6 heteroatoms. The largest absolute Gasteiger partial charge is 0.399 e. The van der Waals surface area contributed by atoms with Gasteiger partial charge in [0.05, 0.1) is 16.7 Å². The summed E-state index contributed by atoms with van der Waals surface area (Å²) >= 11 is 0. The van der Waals surface area contributed by atoms with E-state index in [4.69, 9.17) is 17.2 Å². The molecule has 3 aromatic carbocycles. The number of nitrogens with two attached hydrogens (primary N) is 3. The summed E-state index contributed by atoms with van der Waals surface area (Å²) in [5, 5.41) is 0. The van der Waals surface area contributed by atoms with Gasteiger partial charge in [-0.15, -0.1) is 0 Å². The third-order valence-electron chi connectivity index (χ3n) is 4.77. The van der Waals surface area contributed by atoms with Crippen LogP contribution in [-0.4, -0.2) is 15.8 Å². The van der Waals surface area contributed by atoms with Crippen LogP contribution in [0.15, 0.2) is 78.9 Å². The Morgan fingerprint density at radius 3 is 1.60 bits per heavy atom. The van der Waals surface area contributed by atoms with E-state index in [1.807, 2.05) is 72.8 Å². The van der Waals surface area contributed by atoms with E-state index in [2.05, 4.69) is 9.97 Å². The number of rotatable bonds is 1. The number of ketones is 1. The van der Waals surface area contributed by atoms with Crippen LogP contribution in [0.1, 0.15) is 22.6 Å². The lowest BCUT2D eigenvalue weighted by Gasteiger charge is -2.12. The van der Waals surface area contributed by atoms with E-state index in [9.17, 15) is 4.79 Å². The van der Waals surface area contributed by atoms with E-state index in [1.165, 1.54) is 0 Å². The molecule has 1 aromatic heterocycles. The van der Waals surface area contributed by atoms with Crippen molar-refractivity contribution >= 4 is 33.9 Å². The molecule has 1 aliphatic carbocycles. The number of benzene rings is 3. The van der Waals surface area contributed by atoms with Crippen LogP contribution in [0, 0.1) is 0 Å². The molecule has 0 spiro atoms. The summed E-state index contributed by atoms with van der Waals surface area (Å²) in [6, 6.07) is 23.0. The molecule has 6 nitrogen and oxygen atoms in total. The smallest absolute Gasteiger partial charge is 0.187 e. The number of carbonyl (C=O) groups excluding carboxylic acids is 1. The van der Waals surface area contributed by atoms with Gasteiger partial charge in [0, 0.05) is 17.8 Å². The average Bonchev–Trinajstić information content (AvgIpc) is 2.77. The second-order valence-corrected chi connectivity index (χ2v) is 6.94. The number of allylic oxidation sites excluding steroid dienone is 1. The van der Waals surface area contributed by atoms with Crippen molar-refractivity contribution in [3.05, 3.63) is 90.3 Å². The quantitative estimate of drug-likeness (QED) is 0.418. The first kappa shape index (κ1) is 19.1. The van der Waals surface area contributed by atoms with E-state index >= 15 is 0 Å². The topological polar surface area (TPSA) is 121 Å². The number of hydrogen-bond donors (Lipinski definition) is 3. The second kappa shape index (κ2) is 8.05. The van der Waals surface area contributed by atoms with Crippen molar-refractivity contribution in [2.45, 2.75) is 6.42 Å². The molecule has 0 radical (unpaired) electrons. The maximum absolute atomic E-state index is 11.7. The second-order valence-electron chi connectivity index (χ2n) is 6.94. The predicted octanol–water partition coefficient (Wildman–Crippen LogP) is 4.03. The number of Topliss-reactive ketones (excluding diaryl/α,β-unsaturated/α-hetero) is 1. The molecular formula is C24H21N5O. The zero-order valence-corrected chi connectivity index (χ0v) is 16.2. The van der Waals surface area contributed by atoms with Crippen molar-refractivity contribution < 1.29 is 4.79 Å². The number of hydrogen-bond acceptors (Lipinski definition) is 6. The van der Waals surface area contributed by atoms with E-state index in [1.54, 1.807) is 6.08 Å². The highest BCUT2D eigenvalue weighted by Crippen LogP contribution is 2.23. The van der Waals surface area contributed by atoms with Crippen molar-refractivity contribution in [1.29, 1.82) is 0 Å². The third-order valence-corrected chi connectivity index (χ3v) is 4.77. The predicted molar refractivity (Wildman–Crippen MR) is 121 cm³/mol. The summed E-state index contributed by atoms with van der Waals surface area (Å²) in [4.78, 5) is 20.4. The number of fused-ring (bicyclic) bond motifs is 2. The van der Waals surface area contributed by atoms with E-state index < -0.39 is 0 Å². The number of nitrogens with zero attached hydrogens (tertiary/aromatic N) is 2. The number of anilines is 2. The van der Waals surface area contributed by atoms with Gasteiger partial charge in [0.1, 0.15) is 11.4 Å². The maximum Gasteiger partial charge on any atom is 0.187 e. The van der Waals surface area contributed by atoms with Gasteiger partial charge in [0.2, 0.25) is 0 Å². The molecular weight excluding hydrogens is 374 g/mol. The highest BCUT2D eigenvalue weighted by molar-refractivity contribution is 6.03. The maximum atomic E-state index is 11.7. The molecule has 148 valence electrons. The van der Waals surface area contributed by atoms with Gasteiger partial charge in [0.15, 0.2) is 5.78 Å². The standard InChI is InChI=1S/C12H9N3O.C12H12N2/c13-7-5-6-10(16)12-11(7)14-8-3-1-2-4-9(8)15-12;13-11-5-1-9(2-6-11)10-3-7-12(14)8-4-10/h1-5H,6,13H2;1-8H,13-14H2. The van der Waals surface area contributed by atoms with E-state index in [0.717, 1.165) is 33.5 Å². The van der Waals surface area contributed by atoms with Gasteiger partial charge in [-0.2, -0.15) is 0 Å². The normalized spacial score (nSPS) is 12.5. The molecule has 0 amide bonds. The minimum atomic E-state index is -0.0255. The average molecular weight is 395 g/mol. The van der Waals surface area contributed by atoms with Gasteiger partial charge in [-0.3, -0.25) is 4.79 Å². The SMILES string of the molecule is NC1=CCC(=O)c2nc3ccccc3nc21.Nc1ccc(-c2ccc(N)cc2)cc1. The van der Waals surface area contributed by atoms with Crippen LogP contribution < -0.4 is 17.2 Å². The first-order chi connectivity index (χ1) is 14.5. The van der Waals surface area contributed by atoms with Gasteiger partial charge in [-0.25, -0.2) is 9.97 Å². The Morgan fingerprint density at radius 2 is 1.10 bits per heavy atom. The Bertz CT molecular complexity index is 1200. The number of aromatic nitrogens is 2. The zero-order valence-electron chi connectivity index (χ0n) is 16.2. The Morgan fingerprint density at radius 1 is 0.633 bits per heavy atom. The van der Waals surface area contributed by atoms with Crippen molar-refractivity contribution in [3.63, 3.8) is 0 Å². The van der Waals surface area contributed by atoms with Gasteiger partial charge < -0.3 is 17.2 Å². The monoisotopic (exact) mass is 395 g/mol. The summed E-state index contributed by atoms with van der Waals surface area (Å²) in [7, 11) is 0. The van der Waals surface area contributed by atoms with Crippen molar-refractivity contribution in [3.8, 4) is 11.1 Å². The molecule has 30 heavy (non-hydrogen) atoms. The van der Waals surface area contributed by atoms with Crippen molar-refractivity contribution in [2.75, 3.05) is 11.5 Å². The van der Waals surface area contributed by atoms with Crippen LogP contribution in [-0.2, 0) is 0 Å². The highest BCUT2D eigenvalue weighted by atomic mass is 16.1. The summed E-state index contributed by atoms with van der Waals surface area (Å²) in [5.74, 6) is -0.0255. The molecule has 0 unspecified atom stereocenters. The van der Waals surface area contributed by atoms with Gasteiger partial charge in [-0.1, -0.05) is 42.5 Å². The molecule has 5 rings (SSSR count). The zero-order chi connectivity index (χ0) is 21.1. The van der Waals surface area contributed by atoms with Crippen LogP contribution in [0.3, 0.4) is 0 Å². The Hall–Kier alpha value is -4.19. The van der Waals surface area contributed by atoms with Crippen LogP contribution >= 0.6 is 0 Å². The first-order valence-corrected chi connectivity index (χ1v) is 9.49. The lowest BCUT2D eigenvalue weighted by molar-refractivity contribution is 0.0989. The Balaban J connectivity index is 0.000000147. The lowest BCUT2D eigenvalue weighted by Crippen LogP contribution is -2.16. The molecule has 0 atom stereocenters. The highest BCUT2D eigenvalue weighted by Gasteiger charge is 2.21. The molecule has 0 fully saturated rings. The molecule has 1 aliphatic rings. The molecule has 1 heterocycles. The Kier molecular flexibility index (Phi) is 5.13. The molecule has 0 bridgehead atoms. The molecule has 0 saturated heterocycles. The number of carbonyl (C=O) groups is 1. The van der Waals surface area contributed by atoms with E-state index in [0.29, 0.717) is 23.5 Å². The first-order valence-electron chi connectivity index (χ1n) is 9.49. The summed E-state index contributed by atoms with van der Waals surface area (Å²) in [5.41, 5.74) is 23.8. The van der Waals surface area contributed by atoms with E-state index in [-0.39, 0.29) is 5.78 Å². The fraction of sp³-hybridized carbons (Fsp3) is 0.0417. The summed E-state index contributed by atoms with van der Waals surface area (Å²) < 4.78 is 0. The molecule has 6 N–H and O–H groups in total. The van der Waals surface area contributed by atoms with Crippen molar-refractivity contribution in [1.82, 2.24) is 9.97 Å². The van der Waals surface area contributed by atoms with Gasteiger partial charge in [-0.05, 0) is 47.5 Å². The lowest BCUT2D eigenvalue weighted by atomic mass is 10.0. The minimum absolute atomic E-state index is 0.0255. The van der Waals surface area contributed by atoms with Gasteiger partial charge in [0.25, 0.3) is 0 Å². The fourth-order valence-corrected chi connectivity index (χ4v) is 3.14. The van der Waals surface area contributed by atoms with Crippen LogP contribution in [0.2, 0.25) is 0 Å². The third kappa shape index (κ3) is 3.98. The molecule has 4 aromatic rings. The summed E-state index contributed by atoms with van der Waals surface area (Å²) in [6.07, 6.45) is 2.00. The van der Waals surface area contributed by atoms with Crippen LogP contribution in [0.25, 0.3) is 27.9 Å². The van der Waals surface area contributed by atoms with Crippen molar-refractivity contribution in [2.24, 2.45) is 5.73 Å². The number of nitrogen functional groups attached to an aromatic ring is 2. The number of para-hydroxylation sites is 2.